The van der Waals surface area contributed by atoms with Gasteiger partial charge in [-0.2, -0.15) is 0 Å². The molecule has 0 aliphatic carbocycles. The van der Waals surface area contributed by atoms with Crippen molar-refractivity contribution >= 4 is 40.7 Å². The SMILES string of the molecule is CCOC(=O)C1CCN(C(=O)COC(=O)c2ccccc2CSc2nc3ccccc3o2)CC1. The van der Waals surface area contributed by atoms with E-state index in [1.54, 1.807) is 24.0 Å². The van der Waals surface area contributed by atoms with Gasteiger partial charge in [0.2, 0.25) is 0 Å². The van der Waals surface area contributed by atoms with Crippen molar-refractivity contribution < 1.29 is 28.3 Å². The topological polar surface area (TPSA) is 98.9 Å². The molecule has 1 saturated heterocycles. The average molecular weight is 483 g/mol. The molecule has 1 amide bonds. The fourth-order valence-corrected chi connectivity index (χ4v) is 4.66. The maximum atomic E-state index is 12.7. The molecule has 3 aromatic rings. The molecule has 34 heavy (non-hydrogen) atoms. The number of carbonyl (C=O) groups is 3. The van der Waals surface area contributed by atoms with Crippen LogP contribution in [0.1, 0.15) is 35.7 Å². The summed E-state index contributed by atoms with van der Waals surface area (Å²) < 4.78 is 16.1. The van der Waals surface area contributed by atoms with Gasteiger partial charge in [-0.15, -0.1) is 0 Å². The summed E-state index contributed by atoms with van der Waals surface area (Å²) in [4.78, 5) is 43.2. The van der Waals surface area contributed by atoms with Crippen LogP contribution < -0.4 is 0 Å². The molecule has 1 aromatic heterocycles. The van der Waals surface area contributed by atoms with E-state index in [1.807, 2.05) is 36.4 Å². The lowest BCUT2D eigenvalue weighted by Gasteiger charge is -2.30. The first kappa shape index (κ1) is 23.8. The van der Waals surface area contributed by atoms with Crippen LogP contribution in [0.25, 0.3) is 11.1 Å². The Morgan fingerprint density at radius 3 is 2.56 bits per heavy atom. The second-order valence-corrected chi connectivity index (χ2v) is 8.80. The molecule has 0 saturated carbocycles. The number of nitrogens with zero attached hydrogens (tertiary/aromatic N) is 2. The van der Waals surface area contributed by atoms with Crippen molar-refractivity contribution in [3.8, 4) is 0 Å². The summed E-state index contributed by atoms with van der Waals surface area (Å²) in [5, 5.41) is 0.519. The number of esters is 2. The molecule has 1 fully saturated rings. The number of thioether (sulfide) groups is 1. The molecule has 0 spiro atoms. The van der Waals surface area contributed by atoms with Gasteiger partial charge in [0, 0.05) is 18.8 Å². The van der Waals surface area contributed by atoms with Crippen LogP contribution in [-0.2, 0) is 24.8 Å². The third-order valence-corrected chi connectivity index (χ3v) is 6.53. The molecule has 2 heterocycles. The molecular formula is C25H26N2O6S. The Bertz CT molecular complexity index is 1140. The quantitative estimate of drug-likeness (QED) is 0.350. The molecule has 1 aliphatic rings. The molecule has 1 aliphatic heterocycles. The standard InChI is InChI=1S/C25H26N2O6S/c1-2-31-23(29)17-11-13-27(14-12-17)22(28)15-32-24(30)19-8-4-3-7-18(19)16-34-25-26-20-9-5-6-10-21(20)33-25/h3-10,17H,2,11-16H2,1H3. The van der Waals surface area contributed by atoms with E-state index >= 15 is 0 Å². The fraction of sp³-hybridized carbons (Fsp3) is 0.360. The van der Waals surface area contributed by atoms with Crippen LogP contribution >= 0.6 is 11.8 Å². The summed E-state index contributed by atoms with van der Waals surface area (Å²) in [6.07, 6.45) is 1.10. The van der Waals surface area contributed by atoms with Gasteiger partial charge in [-0.25, -0.2) is 9.78 Å². The first-order valence-corrected chi connectivity index (χ1v) is 12.2. The van der Waals surface area contributed by atoms with Gasteiger partial charge in [-0.1, -0.05) is 42.1 Å². The Morgan fingerprint density at radius 2 is 1.79 bits per heavy atom. The number of fused-ring (bicyclic) bond motifs is 1. The molecular weight excluding hydrogens is 456 g/mol. The van der Waals surface area contributed by atoms with E-state index in [1.165, 1.54) is 11.8 Å². The van der Waals surface area contributed by atoms with E-state index in [-0.39, 0.29) is 24.4 Å². The highest BCUT2D eigenvalue weighted by Crippen LogP contribution is 2.27. The number of hydrogen-bond acceptors (Lipinski definition) is 8. The Morgan fingerprint density at radius 1 is 1.06 bits per heavy atom. The van der Waals surface area contributed by atoms with Crippen LogP contribution in [0.5, 0.6) is 0 Å². The summed E-state index contributed by atoms with van der Waals surface area (Å²) in [6, 6.07) is 14.6. The van der Waals surface area contributed by atoms with Gasteiger partial charge in [-0.05, 0) is 43.5 Å². The predicted molar refractivity (Wildman–Crippen MR) is 126 cm³/mol. The molecule has 0 atom stereocenters. The Balaban J connectivity index is 1.29. The highest BCUT2D eigenvalue weighted by atomic mass is 32.2. The van der Waals surface area contributed by atoms with Crippen LogP contribution in [0, 0.1) is 5.92 Å². The van der Waals surface area contributed by atoms with Crippen molar-refractivity contribution in [3.05, 3.63) is 59.7 Å². The van der Waals surface area contributed by atoms with E-state index in [4.69, 9.17) is 13.9 Å². The summed E-state index contributed by atoms with van der Waals surface area (Å²) in [6.45, 7) is 2.67. The maximum absolute atomic E-state index is 12.7. The van der Waals surface area contributed by atoms with Gasteiger partial charge in [0.05, 0.1) is 18.1 Å². The van der Waals surface area contributed by atoms with Crippen LogP contribution in [0.3, 0.4) is 0 Å². The van der Waals surface area contributed by atoms with Gasteiger partial charge in [0.1, 0.15) is 5.52 Å². The summed E-state index contributed by atoms with van der Waals surface area (Å²) >= 11 is 1.39. The van der Waals surface area contributed by atoms with Gasteiger partial charge in [0.25, 0.3) is 11.1 Å². The highest BCUT2D eigenvalue weighted by Gasteiger charge is 2.28. The van der Waals surface area contributed by atoms with Gasteiger partial charge in [-0.3, -0.25) is 9.59 Å². The number of benzene rings is 2. The normalized spacial score (nSPS) is 14.2. The van der Waals surface area contributed by atoms with E-state index < -0.39 is 5.97 Å². The fourth-order valence-electron chi connectivity index (χ4n) is 3.82. The molecule has 2 aromatic carbocycles. The van der Waals surface area contributed by atoms with Crippen LogP contribution in [0.15, 0.2) is 58.2 Å². The van der Waals surface area contributed by atoms with Gasteiger partial charge < -0.3 is 18.8 Å². The molecule has 9 heteroatoms. The van der Waals surface area contributed by atoms with E-state index in [2.05, 4.69) is 4.98 Å². The first-order valence-electron chi connectivity index (χ1n) is 11.2. The van der Waals surface area contributed by atoms with E-state index in [0.29, 0.717) is 54.7 Å². The Hall–Kier alpha value is -3.33. The molecule has 8 nitrogen and oxygen atoms in total. The van der Waals surface area contributed by atoms with Crippen molar-refractivity contribution in [2.45, 2.75) is 30.7 Å². The number of oxazole rings is 1. The average Bonchev–Trinajstić information content (AvgIpc) is 3.29. The van der Waals surface area contributed by atoms with Crippen molar-refractivity contribution in [3.63, 3.8) is 0 Å². The number of hydrogen-bond donors (Lipinski definition) is 0. The van der Waals surface area contributed by atoms with Crippen LogP contribution in [0.2, 0.25) is 0 Å². The number of amides is 1. The summed E-state index contributed by atoms with van der Waals surface area (Å²) in [7, 11) is 0. The van der Waals surface area contributed by atoms with Crippen molar-refractivity contribution in [1.29, 1.82) is 0 Å². The van der Waals surface area contributed by atoms with E-state index in [9.17, 15) is 14.4 Å². The lowest BCUT2D eigenvalue weighted by molar-refractivity contribution is -0.151. The third kappa shape index (κ3) is 5.77. The van der Waals surface area contributed by atoms with Crippen LogP contribution in [0.4, 0.5) is 0 Å². The maximum Gasteiger partial charge on any atom is 0.338 e. The zero-order valence-electron chi connectivity index (χ0n) is 18.9. The van der Waals surface area contributed by atoms with E-state index in [0.717, 1.165) is 11.1 Å². The lowest BCUT2D eigenvalue weighted by atomic mass is 9.97. The number of aromatic nitrogens is 1. The number of carbonyl (C=O) groups excluding carboxylic acids is 3. The number of likely N-dealkylation sites (tertiary alicyclic amines) is 1. The zero-order chi connectivity index (χ0) is 23.9. The largest absolute Gasteiger partial charge is 0.466 e. The molecule has 0 N–H and O–H groups in total. The third-order valence-electron chi connectivity index (χ3n) is 5.66. The number of para-hydroxylation sites is 2. The molecule has 0 unspecified atom stereocenters. The van der Waals surface area contributed by atoms with Crippen molar-refractivity contribution in [2.75, 3.05) is 26.3 Å². The zero-order valence-corrected chi connectivity index (χ0v) is 19.7. The lowest BCUT2D eigenvalue weighted by Crippen LogP contribution is -2.42. The second kappa shape index (κ2) is 11.2. The van der Waals surface area contributed by atoms with Gasteiger partial charge >= 0.3 is 11.9 Å². The molecule has 0 radical (unpaired) electrons. The van der Waals surface area contributed by atoms with Crippen LogP contribution in [-0.4, -0.2) is 54.0 Å². The summed E-state index contributed by atoms with van der Waals surface area (Å²) in [5.74, 6) is -0.754. The number of piperidine rings is 1. The first-order chi connectivity index (χ1) is 16.5. The van der Waals surface area contributed by atoms with Crippen molar-refractivity contribution in [2.24, 2.45) is 5.92 Å². The molecule has 4 rings (SSSR count). The minimum atomic E-state index is -0.552. The molecule has 178 valence electrons. The smallest absolute Gasteiger partial charge is 0.338 e. The second-order valence-electron chi connectivity index (χ2n) is 7.88. The number of rotatable bonds is 8. The van der Waals surface area contributed by atoms with Crippen molar-refractivity contribution in [1.82, 2.24) is 9.88 Å². The number of ether oxygens (including phenoxy) is 2. The molecule has 0 bridgehead atoms. The van der Waals surface area contributed by atoms with Gasteiger partial charge in [0.15, 0.2) is 12.2 Å². The Kier molecular flexibility index (Phi) is 7.84. The monoisotopic (exact) mass is 482 g/mol. The minimum Gasteiger partial charge on any atom is -0.466 e. The Labute approximate surface area is 201 Å². The summed E-state index contributed by atoms with van der Waals surface area (Å²) in [5.41, 5.74) is 2.66. The minimum absolute atomic E-state index is 0.183. The highest BCUT2D eigenvalue weighted by molar-refractivity contribution is 7.98. The predicted octanol–water partition coefficient (Wildman–Crippen LogP) is 4.08.